The van der Waals surface area contributed by atoms with E-state index < -0.39 is 0 Å². The lowest BCUT2D eigenvalue weighted by atomic mass is 10.2. The molecule has 9 heteroatoms. The van der Waals surface area contributed by atoms with Gasteiger partial charge in [-0.25, -0.2) is 9.78 Å². The summed E-state index contributed by atoms with van der Waals surface area (Å²) in [6.45, 7) is 2.67. The number of carbonyl (C=O) groups excluding carboxylic acids is 3. The van der Waals surface area contributed by atoms with Crippen molar-refractivity contribution in [2.45, 2.75) is 6.92 Å². The zero-order valence-corrected chi connectivity index (χ0v) is 18.1. The first-order valence-corrected chi connectivity index (χ1v) is 10.8. The molecule has 1 fully saturated rings. The van der Waals surface area contributed by atoms with Gasteiger partial charge in [-0.15, -0.1) is 11.3 Å². The number of aromatic nitrogens is 1. The highest BCUT2D eigenvalue weighted by molar-refractivity contribution is 7.14. The highest BCUT2D eigenvalue weighted by atomic mass is 32.1. The van der Waals surface area contributed by atoms with Gasteiger partial charge in [-0.3, -0.25) is 19.4 Å². The molecular formula is C23H21N5O3S. The number of hydrogen-bond acceptors (Lipinski definition) is 5. The Labute approximate surface area is 189 Å². The maximum Gasteiger partial charge on any atom is 0.321 e. The maximum atomic E-state index is 12.4. The van der Waals surface area contributed by atoms with Gasteiger partial charge in [0.05, 0.1) is 11.4 Å². The lowest BCUT2D eigenvalue weighted by Gasteiger charge is -2.17. The molecular weight excluding hydrogens is 426 g/mol. The van der Waals surface area contributed by atoms with Gasteiger partial charge in [-0.2, -0.15) is 0 Å². The Morgan fingerprint density at radius 2 is 2.00 bits per heavy atom. The zero-order valence-electron chi connectivity index (χ0n) is 17.3. The minimum Gasteiger partial charge on any atom is -0.336 e. The molecule has 2 N–H and O–H groups in total. The van der Waals surface area contributed by atoms with Crippen LogP contribution in [0.5, 0.6) is 0 Å². The van der Waals surface area contributed by atoms with E-state index in [9.17, 15) is 14.4 Å². The molecule has 1 aromatic heterocycles. The molecule has 32 heavy (non-hydrogen) atoms. The minimum absolute atomic E-state index is 0.148. The number of hydrogen-bond donors (Lipinski definition) is 2. The first-order chi connectivity index (χ1) is 15.5. The summed E-state index contributed by atoms with van der Waals surface area (Å²) < 4.78 is 0. The van der Waals surface area contributed by atoms with Gasteiger partial charge in [0.25, 0.3) is 0 Å². The molecule has 162 valence electrons. The molecule has 0 saturated carbocycles. The fourth-order valence-electron chi connectivity index (χ4n) is 3.27. The van der Waals surface area contributed by atoms with Crippen LogP contribution in [0.15, 0.2) is 66.1 Å². The highest BCUT2D eigenvalue weighted by Gasteiger charge is 2.21. The van der Waals surface area contributed by atoms with E-state index >= 15 is 0 Å². The molecule has 0 radical (unpaired) electrons. The van der Waals surface area contributed by atoms with E-state index in [0.717, 1.165) is 11.4 Å². The second kappa shape index (κ2) is 9.44. The third-order valence-corrected chi connectivity index (χ3v) is 5.56. The van der Waals surface area contributed by atoms with Crippen LogP contribution in [-0.2, 0) is 9.59 Å². The van der Waals surface area contributed by atoms with Gasteiger partial charge in [-0.1, -0.05) is 24.3 Å². The number of carbonyl (C=O) groups is 3. The molecule has 3 aromatic rings. The van der Waals surface area contributed by atoms with Gasteiger partial charge in [0.15, 0.2) is 5.13 Å². The summed E-state index contributed by atoms with van der Waals surface area (Å²) in [6, 6.07) is 16.2. The van der Waals surface area contributed by atoms with E-state index in [4.69, 9.17) is 0 Å². The van der Waals surface area contributed by atoms with Crippen molar-refractivity contribution >= 4 is 57.5 Å². The topological polar surface area (TPSA) is 94.6 Å². The largest absolute Gasteiger partial charge is 0.336 e. The van der Waals surface area contributed by atoms with Crippen molar-refractivity contribution in [3.8, 4) is 0 Å². The molecule has 0 spiro atoms. The smallest absolute Gasteiger partial charge is 0.321 e. The predicted octanol–water partition coefficient (Wildman–Crippen LogP) is 4.01. The number of urea groups is 1. The van der Waals surface area contributed by atoms with Gasteiger partial charge in [0, 0.05) is 42.8 Å². The monoisotopic (exact) mass is 447 g/mol. The average Bonchev–Trinajstić information content (AvgIpc) is 3.42. The Morgan fingerprint density at radius 1 is 1.19 bits per heavy atom. The van der Waals surface area contributed by atoms with Gasteiger partial charge in [0.2, 0.25) is 11.8 Å². The van der Waals surface area contributed by atoms with Crippen LogP contribution in [0.1, 0.15) is 12.6 Å². The average molecular weight is 448 g/mol. The Kier molecular flexibility index (Phi) is 6.27. The summed E-state index contributed by atoms with van der Waals surface area (Å²) in [5.74, 6) is -0.473. The summed E-state index contributed by atoms with van der Waals surface area (Å²) >= 11 is 1.32. The fourth-order valence-corrected chi connectivity index (χ4v) is 4.13. The summed E-state index contributed by atoms with van der Waals surface area (Å²) in [4.78, 5) is 44.0. The molecule has 1 aliphatic rings. The summed E-state index contributed by atoms with van der Waals surface area (Å²) in [5, 5.41) is 7.85. The molecule has 8 nitrogen and oxygen atoms in total. The number of thiazole rings is 1. The molecule has 0 unspecified atom stereocenters. The first kappa shape index (κ1) is 21.3. The van der Waals surface area contributed by atoms with E-state index in [1.54, 1.807) is 34.6 Å². The summed E-state index contributed by atoms with van der Waals surface area (Å²) in [6.07, 6.45) is 2.98. The summed E-state index contributed by atoms with van der Waals surface area (Å²) in [7, 11) is 0. The number of nitrogens with one attached hydrogen (secondary N) is 2. The second-order valence-electron chi connectivity index (χ2n) is 7.00. The Balaban J connectivity index is 1.43. The van der Waals surface area contributed by atoms with Gasteiger partial charge < -0.3 is 10.6 Å². The maximum absolute atomic E-state index is 12.4. The van der Waals surface area contributed by atoms with Crippen LogP contribution in [0.4, 0.5) is 27.0 Å². The number of nitrogens with zero attached hydrogens (tertiary/aromatic N) is 3. The van der Waals surface area contributed by atoms with E-state index in [2.05, 4.69) is 15.6 Å². The lowest BCUT2D eigenvalue weighted by Crippen LogP contribution is -2.27. The van der Waals surface area contributed by atoms with Crippen LogP contribution in [0.25, 0.3) is 6.08 Å². The van der Waals surface area contributed by atoms with Crippen molar-refractivity contribution in [1.29, 1.82) is 0 Å². The van der Waals surface area contributed by atoms with E-state index in [1.165, 1.54) is 29.2 Å². The van der Waals surface area contributed by atoms with Crippen LogP contribution in [-0.4, -0.2) is 35.9 Å². The van der Waals surface area contributed by atoms with Crippen molar-refractivity contribution in [2.24, 2.45) is 0 Å². The van der Waals surface area contributed by atoms with Crippen molar-refractivity contribution < 1.29 is 14.4 Å². The molecule has 0 atom stereocenters. The number of para-hydroxylation sites is 1. The standard InChI is InChI=1S/C23H21N5O3S/c1-16(29)28(19-7-3-2-4-8-19)23-26-18(15-32-23)10-11-21(30)25-17-6-5-9-20(14-17)27-13-12-24-22(27)31/h2-11,14-15H,12-13H2,1H3,(H,24,31)(H,25,30)/b11-10+. The van der Waals surface area contributed by atoms with Crippen LogP contribution in [0.2, 0.25) is 0 Å². The van der Waals surface area contributed by atoms with Crippen LogP contribution < -0.4 is 20.4 Å². The van der Waals surface area contributed by atoms with Crippen molar-refractivity contribution in [2.75, 3.05) is 28.2 Å². The SMILES string of the molecule is CC(=O)N(c1ccccc1)c1nc(/C=C/C(=O)Nc2cccc(N3CCNC3=O)c2)cs1. The number of anilines is 4. The van der Waals surface area contributed by atoms with Gasteiger partial charge >= 0.3 is 6.03 Å². The molecule has 2 aromatic carbocycles. The Bertz CT molecular complexity index is 1180. The normalized spacial score (nSPS) is 13.3. The van der Waals surface area contributed by atoms with Crippen LogP contribution in [0, 0.1) is 0 Å². The quantitative estimate of drug-likeness (QED) is 0.558. The van der Waals surface area contributed by atoms with Gasteiger partial charge in [-0.05, 0) is 36.4 Å². The number of benzene rings is 2. The zero-order chi connectivity index (χ0) is 22.5. The third kappa shape index (κ3) is 4.84. The Morgan fingerprint density at radius 3 is 2.72 bits per heavy atom. The number of amides is 4. The van der Waals surface area contributed by atoms with Crippen molar-refractivity contribution in [3.05, 3.63) is 71.7 Å². The number of rotatable bonds is 6. The highest BCUT2D eigenvalue weighted by Crippen LogP contribution is 2.29. The Hall–Kier alpha value is -3.98. The molecule has 0 aliphatic carbocycles. The molecule has 1 saturated heterocycles. The minimum atomic E-state index is -0.325. The first-order valence-electron chi connectivity index (χ1n) is 9.97. The van der Waals surface area contributed by atoms with E-state index in [1.807, 2.05) is 36.4 Å². The van der Waals surface area contributed by atoms with Crippen molar-refractivity contribution in [1.82, 2.24) is 10.3 Å². The van der Waals surface area contributed by atoms with Crippen molar-refractivity contribution in [3.63, 3.8) is 0 Å². The van der Waals surface area contributed by atoms with Crippen LogP contribution >= 0.6 is 11.3 Å². The third-order valence-electron chi connectivity index (χ3n) is 4.72. The molecule has 4 rings (SSSR count). The summed E-state index contributed by atoms with van der Waals surface area (Å²) in [5.41, 5.74) is 2.61. The second-order valence-corrected chi connectivity index (χ2v) is 7.84. The molecule has 2 heterocycles. The molecule has 0 bridgehead atoms. The predicted molar refractivity (Wildman–Crippen MR) is 126 cm³/mol. The fraction of sp³-hybridized carbons (Fsp3) is 0.130. The van der Waals surface area contributed by atoms with E-state index in [0.29, 0.717) is 29.6 Å². The van der Waals surface area contributed by atoms with Crippen LogP contribution in [0.3, 0.4) is 0 Å². The lowest BCUT2D eigenvalue weighted by molar-refractivity contribution is -0.116. The molecule has 1 aliphatic heterocycles. The molecule has 4 amide bonds. The van der Waals surface area contributed by atoms with E-state index in [-0.39, 0.29) is 17.8 Å². The van der Waals surface area contributed by atoms with Gasteiger partial charge in [0.1, 0.15) is 0 Å².